The molecule has 0 radical (unpaired) electrons. The van der Waals surface area contributed by atoms with Gasteiger partial charge < -0.3 is 10.1 Å². The number of nitrogens with one attached hydrogen (secondary N) is 1. The maximum Gasteiger partial charge on any atom is 0.147 e. The summed E-state index contributed by atoms with van der Waals surface area (Å²) in [5, 5.41) is 13.9. The van der Waals surface area contributed by atoms with Crippen LogP contribution in [0, 0.1) is 6.92 Å². The van der Waals surface area contributed by atoms with Gasteiger partial charge >= 0.3 is 0 Å². The number of hydrogen-bond donors (Lipinski definition) is 1. The van der Waals surface area contributed by atoms with Gasteiger partial charge in [-0.25, -0.2) is 0 Å². The van der Waals surface area contributed by atoms with Gasteiger partial charge in [0.05, 0.1) is 6.61 Å². The Morgan fingerprint density at radius 3 is 2.90 bits per heavy atom. The van der Waals surface area contributed by atoms with Crippen LogP contribution in [-0.2, 0) is 11.2 Å². The van der Waals surface area contributed by atoms with E-state index in [0.29, 0.717) is 0 Å². The van der Waals surface area contributed by atoms with E-state index in [1.165, 1.54) is 5.56 Å². The molecule has 0 amide bonds. The van der Waals surface area contributed by atoms with Crippen molar-refractivity contribution in [1.29, 1.82) is 0 Å². The molecule has 2 rings (SSSR count). The molecule has 0 bridgehead atoms. The summed E-state index contributed by atoms with van der Waals surface area (Å²) in [6.07, 6.45) is 0.900. The van der Waals surface area contributed by atoms with Crippen LogP contribution in [0.1, 0.15) is 10.6 Å². The molecule has 20 heavy (non-hydrogen) atoms. The molecule has 0 fully saturated rings. The van der Waals surface area contributed by atoms with E-state index in [-0.39, 0.29) is 0 Å². The molecule has 0 aliphatic carbocycles. The first-order valence-electron chi connectivity index (χ1n) is 6.49. The van der Waals surface area contributed by atoms with Gasteiger partial charge in [-0.05, 0) is 24.6 Å². The van der Waals surface area contributed by atoms with E-state index in [9.17, 15) is 0 Å². The minimum absolute atomic E-state index is 0.736. The third-order valence-corrected chi connectivity index (χ3v) is 4.79. The SMILES string of the molecule is COCCNCCc1nnc(-c2ccc(Br)c(C)c2)s1. The predicted molar refractivity (Wildman–Crippen MR) is 86.2 cm³/mol. The second kappa shape index (κ2) is 7.83. The van der Waals surface area contributed by atoms with Gasteiger partial charge in [-0.15, -0.1) is 10.2 Å². The molecule has 1 aromatic carbocycles. The van der Waals surface area contributed by atoms with Crippen molar-refractivity contribution in [2.45, 2.75) is 13.3 Å². The van der Waals surface area contributed by atoms with E-state index in [2.05, 4.69) is 56.6 Å². The summed E-state index contributed by atoms with van der Waals surface area (Å²) in [6.45, 7) is 4.58. The summed E-state index contributed by atoms with van der Waals surface area (Å²) in [6, 6.07) is 6.25. The number of aryl methyl sites for hydroxylation is 1. The minimum Gasteiger partial charge on any atom is -0.383 e. The van der Waals surface area contributed by atoms with Gasteiger partial charge in [-0.1, -0.05) is 33.3 Å². The molecule has 0 aliphatic rings. The first-order valence-corrected chi connectivity index (χ1v) is 8.10. The van der Waals surface area contributed by atoms with Crippen molar-refractivity contribution in [1.82, 2.24) is 15.5 Å². The highest BCUT2D eigenvalue weighted by molar-refractivity contribution is 9.10. The molecule has 1 N–H and O–H groups in total. The molecular weight excluding hydrogens is 338 g/mol. The van der Waals surface area contributed by atoms with Crippen molar-refractivity contribution in [3.63, 3.8) is 0 Å². The van der Waals surface area contributed by atoms with Crippen LogP contribution in [0.4, 0.5) is 0 Å². The van der Waals surface area contributed by atoms with Crippen LogP contribution in [0.3, 0.4) is 0 Å². The molecular formula is C14H18BrN3OS. The number of nitrogens with zero attached hydrogens (tertiary/aromatic N) is 2. The quantitative estimate of drug-likeness (QED) is 0.775. The van der Waals surface area contributed by atoms with Crippen LogP contribution in [-0.4, -0.2) is 37.0 Å². The highest BCUT2D eigenvalue weighted by Gasteiger charge is 2.07. The Morgan fingerprint density at radius 1 is 1.30 bits per heavy atom. The Hall–Kier alpha value is -0.820. The molecule has 6 heteroatoms. The molecule has 0 saturated heterocycles. The topological polar surface area (TPSA) is 47.0 Å². The lowest BCUT2D eigenvalue weighted by molar-refractivity contribution is 0.199. The average molecular weight is 356 g/mol. The molecule has 0 aliphatic heterocycles. The molecule has 0 atom stereocenters. The van der Waals surface area contributed by atoms with Gasteiger partial charge in [-0.3, -0.25) is 0 Å². The summed E-state index contributed by atoms with van der Waals surface area (Å²) in [7, 11) is 1.71. The number of methoxy groups -OCH3 is 1. The van der Waals surface area contributed by atoms with Crippen LogP contribution in [0.15, 0.2) is 22.7 Å². The lowest BCUT2D eigenvalue weighted by Gasteiger charge is -2.01. The van der Waals surface area contributed by atoms with Crippen molar-refractivity contribution in [2.24, 2.45) is 0 Å². The lowest BCUT2D eigenvalue weighted by atomic mass is 10.1. The zero-order chi connectivity index (χ0) is 14.4. The molecule has 4 nitrogen and oxygen atoms in total. The van der Waals surface area contributed by atoms with Crippen molar-refractivity contribution >= 4 is 27.3 Å². The molecule has 1 heterocycles. The first-order chi connectivity index (χ1) is 9.70. The van der Waals surface area contributed by atoms with E-state index in [1.54, 1.807) is 18.4 Å². The second-order valence-electron chi connectivity index (χ2n) is 4.46. The van der Waals surface area contributed by atoms with Gasteiger partial charge in [0.15, 0.2) is 0 Å². The molecule has 2 aromatic rings. The zero-order valence-corrected chi connectivity index (χ0v) is 14.1. The molecule has 1 aromatic heterocycles. The van der Waals surface area contributed by atoms with Crippen LogP contribution in [0.25, 0.3) is 10.6 Å². The highest BCUT2D eigenvalue weighted by atomic mass is 79.9. The second-order valence-corrected chi connectivity index (χ2v) is 6.37. The Morgan fingerprint density at radius 2 is 2.15 bits per heavy atom. The van der Waals surface area contributed by atoms with E-state index >= 15 is 0 Å². The van der Waals surface area contributed by atoms with Crippen molar-refractivity contribution in [3.8, 4) is 10.6 Å². The standard InChI is InChI=1S/C14H18BrN3OS/c1-10-9-11(3-4-12(10)15)14-18-17-13(20-14)5-6-16-7-8-19-2/h3-4,9,16H,5-8H2,1-2H3. The maximum absolute atomic E-state index is 4.99. The third-order valence-electron chi connectivity index (χ3n) is 2.87. The summed E-state index contributed by atoms with van der Waals surface area (Å²) >= 11 is 5.17. The van der Waals surface area contributed by atoms with E-state index < -0.39 is 0 Å². The Balaban J connectivity index is 1.93. The van der Waals surface area contributed by atoms with Gasteiger partial charge in [0.25, 0.3) is 0 Å². The number of ether oxygens (including phenoxy) is 1. The smallest absolute Gasteiger partial charge is 0.147 e. The lowest BCUT2D eigenvalue weighted by Crippen LogP contribution is -2.21. The maximum atomic E-state index is 4.99. The van der Waals surface area contributed by atoms with E-state index in [1.807, 2.05) is 0 Å². The van der Waals surface area contributed by atoms with Gasteiger partial charge in [0.2, 0.25) is 0 Å². The zero-order valence-electron chi connectivity index (χ0n) is 11.6. The number of halogens is 1. The van der Waals surface area contributed by atoms with Crippen molar-refractivity contribution < 1.29 is 4.74 Å². The molecule has 0 unspecified atom stereocenters. The van der Waals surface area contributed by atoms with Gasteiger partial charge in [-0.2, -0.15) is 0 Å². The number of rotatable bonds is 7. The number of aromatic nitrogens is 2. The normalized spacial score (nSPS) is 10.9. The number of hydrogen-bond acceptors (Lipinski definition) is 5. The largest absolute Gasteiger partial charge is 0.383 e. The number of benzene rings is 1. The van der Waals surface area contributed by atoms with Gasteiger partial charge in [0.1, 0.15) is 10.0 Å². The van der Waals surface area contributed by atoms with Crippen LogP contribution >= 0.6 is 27.3 Å². The fraction of sp³-hybridized carbons (Fsp3) is 0.429. The summed E-state index contributed by atoms with van der Waals surface area (Å²) in [4.78, 5) is 0. The van der Waals surface area contributed by atoms with Crippen LogP contribution < -0.4 is 5.32 Å². The fourth-order valence-electron chi connectivity index (χ4n) is 1.74. The van der Waals surface area contributed by atoms with Crippen molar-refractivity contribution in [3.05, 3.63) is 33.2 Å². The molecule has 108 valence electrons. The van der Waals surface area contributed by atoms with Gasteiger partial charge in [0, 0.05) is 36.7 Å². The van der Waals surface area contributed by atoms with E-state index in [4.69, 9.17) is 4.74 Å². The van der Waals surface area contributed by atoms with Crippen LogP contribution in [0.2, 0.25) is 0 Å². The minimum atomic E-state index is 0.736. The van der Waals surface area contributed by atoms with Crippen molar-refractivity contribution in [2.75, 3.05) is 26.8 Å². The monoisotopic (exact) mass is 355 g/mol. The Kier molecular flexibility index (Phi) is 6.09. The first kappa shape index (κ1) is 15.6. The average Bonchev–Trinajstić information content (AvgIpc) is 2.90. The Bertz CT molecular complexity index is 559. The molecule has 0 spiro atoms. The molecule has 0 saturated carbocycles. The summed E-state index contributed by atoms with van der Waals surface area (Å²) in [5.41, 5.74) is 2.34. The Labute approximate surface area is 131 Å². The fourth-order valence-corrected chi connectivity index (χ4v) is 2.83. The van der Waals surface area contributed by atoms with E-state index in [0.717, 1.165) is 46.2 Å². The predicted octanol–water partition coefficient (Wildman–Crippen LogP) is 3.05. The highest BCUT2D eigenvalue weighted by Crippen LogP contribution is 2.27. The summed E-state index contributed by atoms with van der Waals surface area (Å²) in [5.74, 6) is 0. The third kappa shape index (κ3) is 4.34. The van der Waals surface area contributed by atoms with Crippen LogP contribution in [0.5, 0.6) is 0 Å². The summed E-state index contributed by atoms with van der Waals surface area (Å²) < 4.78 is 6.10.